The van der Waals surface area contributed by atoms with Crippen molar-refractivity contribution in [3.8, 4) is 5.75 Å². The van der Waals surface area contributed by atoms with Crippen molar-refractivity contribution in [3.63, 3.8) is 0 Å². The summed E-state index contributed by atoms with van der Waals surface area (Å²) in [6, 6.07) is 12.1. The maximum absolute atomic E-state index is 13.5. The van der Waals surface area contributed by atoms with E-state index >= 15 is 0 Å². The van der Waals surface area contributed by atoms with Crippen LogP contribution in [-0.4, -0.2) is 33.7 Å². The summed E-state index contributed by atoms with van der Waals surface area (Å²) in [7, 11) is -4.09. The van der Waals surface area contributed by atoms with Gasteiger partial charge in [0, 0.05) is 18.2 Å². The number of benzene rings is 2. The predicted molar refractivity (Wildman–Crippen MR) is 134 cm³/mol. The van der Waals surface area contributed by atoms with Gasteiger partial charge in [-0.15, -0.1) is 0 Å². The summed E-state index contributed by atoms with van der Waals surface area (Å²) in [5.74, 6) is 0.996. The molecule has 4 aliphatic rings. The predicted octanol–water partition coefficient (Wildman–Crippen LogP) is 6.15. The van der Waals surface area contributed by atoms with Crippen molar-refractivity contribution < 1.29 is 30.5 Å². The Bertz CT molecular complexity index is 1330. The zero-order valence-electron chi connectivity index (χ0n) is 21.0. The van der Waals surface area contributed by atoms with Crippen LogP contribution in [0.1, 0.15) is 66.7 Å². The van der Waals surface area contributed by atoms with E-state index in [-0.39, 0.29) is 11.8 Å². The molecule has 1 aliphatic heterocycles. The number of methoxy groups -OCH3 is 1. The number of alkyl halides is 3. The first-order valence-electron chi connectivity index (χ1n) is 13.1. The number of fused-ring (bicyclic) bond motifs is 6. The molecule has 5 nitrogen and oxygen atoms in total. The van der Waals surface area contributed by atoms with Gasteiger partial charge in [-0.05, 0) is 96.1 Å². The minimum absolute atomic E-state index is 0.0530. The molecule has 2 unspecified atom stereocenters. The highest BCUT2D eigenvalue weighted by molar-refractivity contribution is 7.87. The molecule has 6 atom stereocenters. The van der Waals surface area contributed by atoms with E-state index in [0.29, 0.717) is 18.8 Å². The first kappa shape index (κ1) is 25.0. The SMILES string of the molecule is COc1ccc2c(c1)CC[C@@H]1[C@@H]2CC[C@]2(C)C(OS(=O)(=O)C(F)(F)F)C(c3cccc4c3NCC4)C[C@@H]12. The van der Waals surface area contributed by atoms with Gasteiger partial charge in [0.05, 0.1) is 13.2 Å². The second kappa shape index (κ2) is 8.63. The van der Waals surface area contributed by atoms with Gasteiger partial charge in [0.25, 0.3) is 0 Å². The van der Waals surface area contributed by atoms with Crippen LogP contribution in [0, 0.1) is 17.3 Å². The highest BCUT2D eigenvalue weighted by Gasteiger charge is 2.62. The Morgan fingerprint density at radius 2 is 1.84 bits per heavy atom. The largest absolute Gasteiger partial charge is 0.523 e. The number of para-hydroxylation sites is 1. The third-order valence-corrected chi connectivity index (χ3v) is 10.7. The molecular formula is C28H32F3NO4S. The summed E-state index contributed by atoms with van der Waals surface area (Å²) >= 11 is 0. The van der Waals surface area contributed by atoms with E-state index in [2.05, 4.69) is 17.4 Å². The van der Waals surface area contributed by atoms with E-state index in [1.165, 1.54) is 11.1 Å². The molecule has 2 fully saturated rings. The van der Waals surface area contributed by atoms with Crippen molar-refractivity contribution in [1.82, 2.24) is 0 Å². The zero-order valence-corrected chi connectivity index (χ0v) is 21.8. The monoisotopic (exact) mass is 535 g/mol. The highest BCUT2D eigenvalue weighted by atomic mass is 32.2. The van der Waals surface area contributed by atoms with Gasteiger partial charge in [-0.1, -0.05) is 31.2 Å². The molecule has 0 bridgehead atoms. The summed E-state index contributed by atoms with van der Waals surface area (Å²) in [5.41, 5.74) is -0.635. The van der Waals surface area contributed by atoms with E-state index in [9.17, 15) is 21.6 Å². The van der Waals surface area contributed by atoms with E-state index < -0.39 is 33.1 Å². The van der Waals surface area contributed by atoms with Crippen LogP contribution >= 0.6 is 0 Å². The van der Waals surface area contributed by atoms with Crippen LogP contribution in [0.15, 0.2) is 36.4 Å². The number of rotatable bonds is 4. The van der Waals surface area contributed by atoms with Crippen LogP contribution in [0.4, 0.5) is 18.9 Å². The molecule has 1 heterocycles. The molecule has 2 aromatic rings. The number of anilines is 1. The average molecular weight is 536 g/mol. The minimum atomic E-state index is -5.74. The first-order chi connectivity index (χ1) is 17.5. The Labute approximate surface area is 215 Å². The molecule has 37 heavy (non-hydrogen) atoms. The molecule has 0 aromatic heterocycles. The third kappa shape index (κ3) is 3.87. The quantitative estimate of drug-likeness (QED) is 0.376. The Balaban J connectivity index is 1.41. The highest BCUT2D eigenvalue weighted by Crippen LogP contribution is 2.65. The van der Waals surface area contributed by atoms with Crippen molar-refractivity contribution >= 4 is 15.8 Å². The second-order valence-corrected chi connectivity index (χ2v) is 12.9. The van der Waals surface area contributed by atoms with Crippen molar-refractivity contribution in [2.75, 3.05) is 19.0 Å². The maximum atomic E-state index is 13.5. The fourth-order valence-corrected chi connectivity index (χ4v) is 8.76. The summed E-state index contributed by atoms with van der Waals surface area (Å²) in [4.78, 5) is 0. The molecule has 1 N–H and O–H groups in total. The standard InChI is InChI=1S/C28H32F3NO4S/c1-27-12-10-20-19-9-7-18(35-2)14-17(19)6-8-21(20)24(27)15-23(26(27)36-37(33,34)28(29,30)31)22-5-3-4-16-11-13-32-25(16)22/h3-5,7,9,14,20-21,23-24,26,32H,6,8,10-13,15H2,1-2H3/t20-,21-,23?,24+,26?,27+/m1/s1. The van der Waals surface area contributed by atoms with Gasteiger partial charge >= 0.3 is 15.6 Å². The van der Waals surface area contributed by atoms with E-state index in [4.69, 9.17) is 8.92 Å². The van der Waals surface area contributed by atoms with Gasteiger partial charge in [-0.25, -0.2) is 0 Å². The van der Waals surface area contributed by atoms with Crippen LogP contribution in [-0.2, 0) is 27.1 Å². The van der Waals surface area contributed by atoms with Crippen molar-refractivity contribution in [3.05, 3.63) is 58.7 Å². The number of hydrogen-bond acceptors (Lipinski definition) is 5. The Hall–Kier alpha value is -2.26. The van der Waals surface area contributed by atoms with E-state index in [0.717, 1.165) is 54.8 Å². The lowest BCUT2D eigenvalue weighted by Gasteiger charge is -2.50. The fraction of sp³-hybridized carbons (Fsp3) is 0.571. The van der Waals surface area contributed by atoms with Crippen molar-refractivity contribution in [2.45, 2.75) is 68.9 Å². The molecule has 0 amide bonds. The number of halogens is 3. The lowest BCUT2D eigenvalue weighted by atomic mass is 9.55. The Morgan fingerprint density at radius 3 is 2.59 bits per heavy atom. The molecule has 2 aromatic carbocycles. The lowest BCUT2D eigenvalue weighted by Crippen LogP contribution is -2.46. The van der Waals surface area contributed by atoms with Crippen LogP contribution in [0.2, 0.25) is 0 Å². The normalized spacial score (nSPS) is 32.6. The summed E-state index contributed by atoms with van der Waals surface area (Å²) in [6.45, 7) is 2.72. The van der Waals surface area contributed by atoms with E-state index in [1.807, 2.05) is 31.2 Å². The van der Waals surface area contributed by atoms with Gasteiger partial charge in [0.1, 0.15) is 5.75 Å². The molecule has 200 valence electrons. The number of aryl methyl sites for hydroxylation is 1. The smallest absolute Gasteiger partial charge is 0.497 e. The topological polar surface area (TPSA) is 64.6 Å². The summed E-state index contributed by atoms with van der Waals surface area (Å²) in [5, 5.41) is 3.39. The van der Waals surface area contributed by atoms with Gasteiger partial charge < -0.3 is 10.1 Å². The average Bonchev–Trinajstić information content (AvgIpc) is 3.45. The molecule has 0 radical (unpaired) electrons. The van der Waals surface area contributed by atoms with Gasteiger partial charge in [-0.2, -0.15) is 21.6 Å². The molecule has 9 heteroatoms. The first-order valence-corrected chi connectivity index (χ1v) is 14.5. The molecule has 0 spiro atoms. The number of hydrogen-bond donors (Lipinski definition) is 1. The van der Waals surface area contributed by atoms with Crippen molar-refractivity contribution in [2.24, 2.45) is 17.3 Å². The van der Waals surface area contributed by atoms with Crippen LogP contribution in [0.5, 0.6) is 5.75 Å². The minimum Gasteiger partial charge on any atom is -0.497 e. The van der Waals surface area contributed by atoms with E-state index in [1.54, 1.807) is 7.11 Å². The zero-order chi connectivity index (χ0) is 26.2. The molecule has 0 saturated heterocycles. The molecule has 6 rings (SSSR count). The molecule has 2 saturated carbocycles. The molecular weight excluding hydrogens is 503 g/mol. The fourth-order valence-electron chi connectivity index (χ4n) is 8.02. The second-order valence-electron chi connectivity index (χ2n) is 11.3. The number of nitrogens with one attached hydrogen (secondary N) is 1. The van der Waals surface area contributed by atoms with Gasteiger partial charge in [0.15, 0.2) is 0 Å². The Kier molecular flexibility index (Phi) is 5.84. The lowest BCUT2D eigenvalue weighted by molar-refractivity contribution is -0.0693. The van der Waals surface area contributed by atoms with Crippen LogP contribution < -0.4 is 10.1 Å². The summed E-state index contributed by atoms with van der Waals surface area (Å²) < 4.78 is 76.0. The third-order valence-electron chi connectivity index (χ3n) is 9.69. The van der Waals surface area contributed by atoms with Crippen molar-refractivity contribution in [1.29, 1.82) is 0 Å². The summed E-state index contributed by atoms with van der Waals surface area (Å²) in [6.07, 6.45) is 3.58. The van der Waals surface area contributed by atoms with Crippen LogP contribution in [0.3, 0.4) is 0 Å². The molecule has 3 aliphatic carbocycles. The van der Waals surface area contributed by atoms with Gasteiger partial charge in [-0.3, -0.25) is 4.18 Å². The Morgan fingerprint density at radius 1 is 1.03 bits per heavy atom. The van der Waals surface area contributed by atoms with Gasteiger partial charge in [0.2, 0.25) is 0 Å². The van der Waals surface area contributed by atoms with Crippen LogP contribution in [0.25, 0.3) is 0 Å². The number of ether oxygens (including phenoxy) is 1. The maximum Gasteiger partial charge on any atom is 0.523 e.